The minimum Gasteiger partial charge on any atom is -0.355 e. The molecule has 16 heavy (non-hydrogen) atoms. The number of carbonyl (C=O) groups excluding carboxylic acids is 1. The van der Waals surface area contributed by atoms with E-state index >= 15 is 0 Å². The average molecular weight is 240 g/mol. The van der Waals surface area contributed by atoms with E-state index in [0.29, 0.717) is 13.0 Å². The first-order chi connectivity index (χ1) is 7.42. The Bertz CT molecular complexity index is 331. The summed E-state index contributed by atoms with van der Waals surface area (Å²) in [6.07, 6.45) is 0.389. The number of hydrogen-bond acceptors (Lipinski definition) is 3. The molecule has 1 aromatic rings. The lowest BCUT2D eigenvalue weighted by atomic mass is 9.91. The van der Waals surface area contributed by atoms with Crippen LogP contribution in [0.4, 0.5) is 0 Å². The summed E-state index contributed by atoms with van der Waals surface area (Å²) in [6.45, 7) is 6.75. The number of thiophene rings is 1. The second-order valence-corrected chi connectivity index (χ2v) is 5.77. The lowest BCUT2D eigenvalue weighted by molar-refractivity contribution is -0.121. The lowest BCUT2D eigenvalue weighted by Crippen LogP contribution is -2.38. The molecule has 0 fully saturated rings. The smallest absolute Gasteiger partial charge is 0.221 e. The lowest BCUT2D eigenvalue weighted by Gasteiger charge is -2.23. The maximum atomic E-state index is 11.5. The third-order valence-corrected chi connectivity index (χ3v) is 3.66. The fourth-order valence-corrected chi connectivity index (χ4v) is 2.29. The highest BCUT2D eigenvalue weighted by Crippen LogP contribution is 2.26. The molecule has 3 N–H and O–H groups in total. The van der Waals surface area contributed by atoms with E-state index in [2.05, 4.69) is 30.6 Å². The number of carbonyl (C=O) groups is 1. The zero-order valence-corrected chi connectivity index (χ0v) is 10.9. The Kier molecular flexibility index (Phi) is 4.50. The summed E-state index contributed by atoms with van der Waals surface area (Å²) in [6, 6.07) is 4.05. The highest BCUT2D eigenvalue weighted by Gasteiger charge is 2.22. The Hall–Kier alpha value is -0.870. The van der Waals surface area contributed by atoms with E-state index in [-0.39, 0.29) is 17.4 Å². The molecular formula is C12H20N2OS. The van der Waals surface area contributed by atoms with E-state index in [1.165, 1.54) is 4.88 Å². The predicted molar refractivity (Wildman–Crippen MR) is 68.6 cm³/mol. The molecule has 0 aliphatic heterocycles. The van der Waals surface area contributed by atoms with Gasteiger partial charge in [-0.15, -0.1) is 11.3 Å². The van der Waals surface area contributed by atoms with Crippen LogP contribution in [0.5, 0.6) is 0 Å². The van der Waals surface area contributed by atoms with Gasteiger partial charge in [-0.2, -0.15) is 0 Å². The van der Waals surface area contributed by atoms with Crippen molar-refractivity contribution in [2.24, 2.45) is 5.73 Å². The van der Waals surface area contributed by atoms with Crippen molar-refractivity contribution in [3.8, 4) is 0 Å². The quantitative estimate of drug-likeness (QED) is 0.825. The van der Waals surface area contributed by atoms with Crippen LogP contribution in [0.25, 0.3) is 0 Å². The first-order valence-electron chi connectivity index (χ1n) is 5.48. The summed E-state index contributed by atoms with van der Waals surface area (Å²) in [5.74, 6) is 0.0274. The molecule has 0 saturated heterocycles. The maximum Gasteiger partial charge on any atom is 0.221 e. The molecule has 90 valence electrons. The van der Waals surface area contributed by atoms with Crippen LogP contribution in [0.1, 0.15) is 32.1 Å². The molecule has 3 nitrogen and oxygen atoms in total. The Morgan fingerprint density at radius 3 is 2.81 bits per heavy atom. The highest BCUT2D eigenvalue weighted by molar-refractivity contribution is 7.10. The van der Waals surface area contributed by atoms with Crippen LogP contribution in [0.3, 0.4) is 0 Å². The van der Waals surface area contributed by atoms with Crippen molar-refractivity contribution < 1.29 is 4.79 Å². The van der Waals surface area contributed by atoms with Gasteiger partial charge in [0.15, 0.2) is 0 Å². The second-order valence-electron chi connectivity index (χ2n) is 4.82. The maximum absolute atomic E-state index is 11.5. The molecule has 1 unspecified atom stereocenters. The fraction of sp³-hybridized carbons (Fsp3) is 0.583. The Labute approximate surface area is 101 Å². The van der Waals surface area contributed by atoms with Gasteiger partial charge in [0.1, 0.15) is 0 Å². The van der Waals surface area contributed by atoms with E-state index in [9.17, 15) is 4.79 Å². The van der Waals surface area contributed by atoms with Crippen molar-refractivity contribution in [2.45, 2.75) is 38.6 Å². The number of nitrogens with one attached hydrogen (secondary N) is 1. The molecule has 1 atom stereocenters. The van der Waals surface area contributed by atoms with Crippen LogP contribution in [0.2, 0.25) is 0 Å². The largest absolute Gasteiger partial charge is 0.355 e. The van der Waals surface area contributed by atoms with E-state index < -0.39 is 0 Å². The molecule has 4 heteroatoms. The van der Waals surface area contributed by atoms with Crippen molar-refractivity contribution in [1.29, 1.82) is 0 Å². The molecule has 0 bridgehead atoms. The van der Waals surface area contributed by atoms with Crippen LogP contribution >= 0.6 is 11.3 Å². The number of rotatable bonds is 5. The van der Waals surface area contributed by atoms with E-state index in [1.54, 1.807) is 11.3 Å². The van der Waals surface area contributed by atoms with Crippen LogP contribution < -0.4 is 11.1 Å². The Morgan fingerprint density at radius 2 is 2.31 bits per heavy atom. The van der Waals surface area contributed by atoms with E-state index in [0.717, 1.165) is 0 Å². The number of amides is 1. The zero-order chi connectivity index (χ0) is 12.2. The summed E-state index contributed by atoms with van der Waals surface area (Å²) in [5.41, 5.74) is 5.56. The minimum atomic E-state index is -0.0788. The first kappa shape index (κ1) is 13.2. The van der Waals surface area contributed by atoms with Gasteiger partial charge in [0, 0.05) is 29.3 Å². The highest BCUT2D eigenvalue weighted by atomic mass is 32.1. The van der Waals surface area contributed by atoms with Gasteiger partial charge in [-0.3, -0.25) is 4.79 Å². The van der Waals surface area contributed by atoms with Crippen molar-refractivity contribution in [3.63, 3.8) is 0 Å². The summed E-state index contributed by atoms with van der Waals surface area (Å²) < 4.78 is 0. The SMILES string of the molecule is CC(N)CC(=O)NCC(C)(C)c1cccs1. The third-order valence-electron chi connectivity index (χ3n) is 2.42. The van der Waals surface area contributed by atoms with Crippen molar-refractivity contribution in [3.05, 3.63) is 22.4 Å². The topological polar surface area (TPSA) is 55.1 Å². The molecule has 0 spiro atoms. The van der Waals surface area contributed by atoms with Gasteiger partial charge in [-0.05, 0) is 18.4 Å². The Morgan fingerprint density at radius 1 is 1.62 bits per heavy atom. The van der Waals surface area contributed by atoms with Crippen molar-refractivity contribution >= 4 is 17.2 Å². The van der Waals surface area contributed by atoms with Gasteiger partial charge in [-0.1, -0.05) is 19.9 Å². The monoisotopic (exact) mass is 240 g/mol. The Balaban J connectivity index is 2.45. The van der Waals surface area contributed by atoms with Gasteiger partial charge >= 0.3 is 0 Å². The van der Waals surface area contributed by atoms with Gasteiger partial charge in [0.05, 0.1) is 0 Å². The molecule has 0 saturated carbocycles. The molecule has 0 aliphatic rings. The third kappa shape index (κ3) is 3.94. The minimum absolute atomic E-state index is 0.0122. The molecule has 1 heterocycles. The summed E-state index contributed by atoms with van der Waals surface area (Å²) in [5, 5.41) is 4.99. The molecule has 0 aliphatic carbocycles. The van der Waals surface area contributed by atoms with Crippen molar-refractivity contribution in [2.75, 3.05) is 6.54 Å². The predicted octanol–water partition coefficient (Wildman–Crippen LogP) is 1.88. The van der Waals surface area contributed by atoms with Crippen molar-refractivity contribution in [1.82, 2.24) is 5.32 Å². The molecule has 1 amide bonds. The number of hydrogen-bond donors (Lipinski definition) is 2. The molecule has 0 radical (unpaired) electrons. The van der Waals surface area contributed by atoms with E-state index in [4.69, 9.17) is 5.73 Å². The average Bonchev–Trinajstić information content (AvgIpc) is 2.67. The van der Waals surface area contributed by atoms with Crippen LogP contribution in [0.15, 0.2) is 17.5 Å². The van der Waals surface area contributed by atoms with Gasteiger partial charge in [0.2, 0.25) is 5.91 Å². The second kappa shape index (κ2) is 5.46. The van der Waals surface area contributed by atoms with Gasteiger partial charge in [-0.25, -0.2) is 0 Å². The first-order valence-corrected chi connectivity index (χ1v) is 6.36. The van der Waals surface area contributed by atoms with Crippen LogP contribution in [-0.4, -0.2) is 18.5 Å². The normalized spacial score (nSPS) is 13.5. The van der Waals surface area contributed by atoms with Gasteiger partial charge < -0.3 is 11.1 Å². The fourth-order valence-electron chi connectivity index (χ4n) is 1.43. The summed E-state index contributed by atoms with van der Waals surface area (Å²) in [4.78, 5) is 12.8. The summed E-state index contributed by atoms with van der Waals surface area (Å²) in [7, 11) is 0. The standard InChI is InChI=1S/C12H20N2OS/c1-9(13)7-11(15)14-8-12(2,3)10-5-4-6-16-10/h4-6,9H,7-8,13H2,1-3H3,(H,14,15). The molecular weight excluding hydrogens is 220 g/mol. The van der Waals surface area contributed by atoms with E-state index in [1.807, 2.05) is 13.0 Å². The van der Waals surface area contributed by atoms with Gasteiger partial charge in [0.25, 0.3) is 0 Å². The molecule has 1 aromatic heterocycles. The number of nitrogens with two attached hydrogens (primary N) is 1. The summed E-state index contributed by atoms with van der Waals surface area (Å²) >= 11 is 1.72. The molecule has 0 aromatic carbocycles. The van der Waals surface area contributed by atoms with Crippen LogP contribution in [0, 0.1) is 0 Å². The molecule has 1 rings (SSSR count). The van der Waals surface area contributed by atoms with Crippen LogP contribution in [-0.2, 0) is 10.2 Å². The zero-order valence-electron chi connectivity index (χ0n) is 10.1.